The molecule has 0 unspecified atom stereocenters. The van der Waals surface area contributed by atoms with E-state index in [0.717, 1.165) is 22.6 Å². The average Bonchev–Trinajstić information content (AvgIpc) is 2.55. The van der Waals surface area contributed by atoms with Crippen LogP contribution in [0, 0.1) is 20.8 Å². The molecule has 0 aliphatic carbocycles. The molecule has 0 saturated heterocycles. The highest BCUT2D eigenvalue weighted by Crippen LogP contribution is 2.20. The second-order valence-corrected chi connectivity index (χ2v) is 5.93. The van der Waals surface area contributed by atoms with Crippen molar-refractivity contribution in [1.82, 2.24) is 5.32 Å². The largest absolute Gasteiger partial charge is 0.491 e. The number of para-hydroxylation sites is 1. The van der Waals surface area contributed by atoms with Crippen molar-refractivity contribution in [3.8, 4) is 11.5 Å². The molecule has 2 aromatic carbocycles. The number of nitrogens with one attached hydrogen (secondary N) is 1. The van der Waals surface area contributed by atoms with Crippen molar-refractivity contribution in [1.29, 1.82) is 0 Å². The predicted octanol–water partition coefficient (Wildman–Crippen LogP) is 3.57. The lowest BCUT2D eigenvalue weighted by atomic mass is 10.1. The first kappa shape index (κ1) is 17.9. The van der Waals surface area contributed by atoms with Crippen LogP contribution in [0.25, 0.3) is 0 Å². The van der Waals surface area contributed by atoms with Crippen LogP contribution in [0.15, 0.2) is 42.5 Å². The van der Waals surface area contributed by atoms with Crippen LogP contribution in [0.2, 0.25) is 0 Å². The van der Waals surface area contributed by atoms with Gasteiger partial charge in [-0.25, -0.2) is 0 Å². The Morgan fingerprint density at radius 3 is 2.50 bits per heavy atom. The number of carbonyl (C=O) groups excluding carboxylic acids is 1. The first-order chi connectivity index (χ1) is 11.5. The first-order valence-corrected chi connectivity index (χ1v) is 8.17. The maximum absolute atomic E-state index is 12.1. The molecule has 4 nitrogen and oxygen atoms in total. The molecule has 0 spiro atoms. The van der Waals surface area contributed by atoms with Crippen LogP contribution in [-0.2, 0) is 4.79 Å². The highest BCUT2D eigenvalue weighted by atomic mass is 16.5. The first-order valence-electron chi connectivity index (χ1n) is 8.17. The second kappa shape index (κ2) is 8.39. The van der Waals surface area contributed by atoms with Gasteiger partial charge < -0.3 is 14.8 Å². The fourth-order valence-corrected chi connectivity index (χ4v) is 2.37. The van der Waals surface area contributed by atoms with E-state index in [9.17, 15) is 4.79 Å². The molecule has 4 heteroatoms. The number of amides is 1. The third-order valence-corrected chi connectivity index (χ3v) is 3.76. The molecule has 1 N–H and O–H groups in total. The molecule has 0 aromatic heterocycles. The van der Waals surface area contributed by atoms with E-state index in [4.69, 9.17) is 9.47 Å². The summed E-state index contributed by atoms with van der Waals surface area (Å²) in [5.41, 5.74) is 3.28. The summed E-state index contributed by atoms with van der Waals surface area (Å²) in [5.74, 6) is 1.43. The van der Waals surface area contributed by atoms with E-state index in [2.05, 4.69) is 5.32 Å². The maximum atomic E-state index is 12.1. The van der Waals surface area contributed by atoms with Gasteiger partial charge >= 0.3 is 0 Å². The van der Waals surface area contributed by atoms with Gasteiger partial charge in [0.1, 0.15) is 18.1 Å². The maximum Gasteiger partial charge on any atom is 0.260 e. The molecule has 0 radical (unpaired) electrons. The quantitative estimate of drug-likeness (QED) is 0.791. The van der Waals surface area contributed by atoms with E-state index in [-0.39, 0.29) is 5.91 Å². The van der Waals surface area contributed by atoms with Gasteiger partial charge in [0, 0.05) is 0 Å². The van der Waals surface area contributed by atoms with Crippen LogP contribution in [0.3, 0.4) is 0 Å². The molecule has 128 valence electrons. The summed E-state index contributed by atoms with van der Waals surface area (Å²) in [6.45, 7) is 8.61. The van der Waals surface area contributed by atoms with E-state index in [1.165, 1.54) is 5.56 Å². The molecular formula is C20H25NO3. The standard InChI is InChI=1S/C20H25NO3/c1-14-9-10-19(16(3)13-14)24-17(4)20(22)21-11-12-23-18-8-6-5-7-15(18)2/h5-10,13,17H,11-12H2,1-4H3,(H,21,22)/t17-/m1/s1. The van der Waals surface area contributed by atoms with E-state index in [1.54, 1.807) is 6.92 Å². The highest BCUT2D eigenvalue weighted by molar-refractivity contribution is 5.80. The number of ether oxygens (including phenoxy) is 2. The Balaban J connectivity index is 1.76. The van der Waals surface area contributed by atoms with Gasteiger partial charge in [0.05, 0.1) is 6.54 Å². The Bertz CT molecular complexity index is 697. The summed E-state index contributed by atoms with van der Waals surface area (Å²) in [5, 5.41) is 2.83. The van der Waals surface area contributed by atoms with Gasteiger partial charge in [-0.05, 0) is 51.0 Å². The zero-order chi connectivity index (χ0) is 17.5. The second-order valence-electron chi connectivity index (χ2n) is 5.93. The summed E-state index contributed by atoms with van der Waals surface area (Å²) in [6, 6.07) is 13.7. The number of carbonyl (C=O) groups is 1. The van der Waals surface area contributed by atoms with Gasteiger partial charge in [0.15, 0.2) is 6.10 Å². The third kappa shape index (κ3) is 5.01. The highest BCUT2D eigenvalue weighted by Gasteiger charge is 2.15. The molecule has 1 amide bonds. The number of benzene rings is 2. The molecule has 2 rings (SSSR count). The fourth-order valence-electron chi connectivity index (χ4n) is 2.37. The molecule has 2 aromatic rings. The fraction of sp³-hybridized carbons (Fsp3) is 0.350. The van der Waals surface area contributed by atoms with Crippen molar-refractivity contribution >= 4 is 5.91 Å². The molecule has 0 fully saturated rings. The van der Waals surface area contributed by atoms with Gasteiger partial charge in [-0.15, -0.1) is 0 Å². The molecule has 0 bridgehead atoms. The van der Waals surface area contributed by atoms with Crippen molar-refractivity contribution in [3.05, 3.63) is 59.2 Å². The van der Waals surface area contributed by atoms with Gasteiger partial charge in [-0.2, -0.15) is 0 Å². The van der Waals surface area contributed by atoms with Gasteiger partial charge in [-0.3, -0.25) is 4.79 Å². The van der Waals surface area contributed by atoms with Crippen LogP contribution in [0.1, 0.15) is 23.6 Å². The van der Waals surface area contributed by atoms with Crippen molar-refractivity contribution in [2.45, 2.75) is 33.8 Å². The minimum atomic E-state index is -0.551. The average molecular weight is 327 g/mol. The van der Waals surface area contributed by atoms with Crippen molar-refractivity contribution in [2.75, 3.05) is 13.2 Å². The summed E-state index contributed by atoms with van der Waals surface area (Å²) in [6.07, 6.45) is -0.551. The lowest BCUT2D eigenvalue weighted by Gasteiger charge is -2.17. The summed E-state index contributed by atoms with van der Waals surface area (Å²) >= 11 is 0. The van der Waals surface area contributed by atoms with Crippen molar-refractivity contribution < 1.29 is 14.3 Å². The predicted molar refractivity (Wildman–Crippen MR) is 95.7 cm³/mol. The van der Waals surface area contributed by atoms with E-state index >= 15 is 0 Å². The number of hydrogen-bond donors (Lipinski definition) is 1. The van der Waals surface area contributed by atoms with Crippen molar-refractivity contribution in [2.24, 2.45) is 0 Å². The Hall–Kier alpha value is -2.49. The summed E-state index contributed by atoms with van der Waals surface area (Å²) < 4.78 is 11.4. The molecule has 0 aliphatic rings. The monoisotopic (exact) mass is 327 g/mol. The zero-order valence-corrected chi connectivity index (χ0v) is 14.8. The molecule has 1 atom stereocenters. The Kier molecular flexibility index (Phi) is 6.24. The molecular weight excluding hydrogens is 302 g/mol. The lowest BCUT2D eigenvalue weighted by Crippen LogP contribution is -2.38. The Morgan fingerprint density at radius 1 is 1.04 bits per heavy atom. The minimum absolute atomic E-state index is 0.150. The Morgan fingerprint density at radius 2 is 1.79 bits per heavy atom. The summed E-state index contributed by atoms with van der Waals surface area (Å²) in [7, 11) is 0. The van der Waals surface area contributed by atoms with Crippen LogP contribution < -0.4 is 14.8 Å². The number of aryl methyl sites for hydroxylation is 3. The lowest BCUT2D eigenvalue weighted by molar-refractivity contribution is -0.127. The normalized spacial score (nSPS) is 11.7. The van der Waals surface area contributed by atoms with Gasteiger partial charge in [0.25, 0.3) is 5.91 Å². The topological polar surface area (TPSA) is 47.6 Å². The molecule has 0 heterocycles. The third-order valence-electron chi connectivity index (χ3n) is 3.76. The van der Waals surface area contributed by atoms with Crippen LogP contribution in [0.5, 0.6) is 11.5 Å². The Labute approximate surface area is 143 Å². The SMILES string of the molecule is Cc1ccc(O[C@H](C)C(=O)NCCOc2ccccc2C)c(C)c1. The summed E-state index contributed by atoms with van der Waals surface area (Å²) in [4.78, 5) is 12.1. The van der Waals surface area contributed by atoms with Crippen LogP contribution in [-0.4, -0.2) is 25.2 Å². The molecule has 0 aliphatic heterocycles. The van der Waals surface area contributed by atoms with Crippen molar-refractivity contribution in [3.63, 3.8) is 0 Å². The number of rotatable bonds is 7. The van der Waals surface area contributed by atoms with Gasteiger partial charge in [0.2, 0.25) is 0 Å². The zero-order valence-electron chi connectivity index (χ0n) is 14.8. The van der Waals surface area contributed by atoms with E-state index < -0.39 is 6.10 Å². The smallest absolute Gasteiger partial charge is 0.260 e. The minimum Gasteiger partial charge on any atom is -0.491 e. The van der Waals surface area contributed by atoms with Crippen LogP contribution in [0.4, 0.5) is 0 Å². The van der Waals surface area contributed by atoms with E-state index in [0.29, 0.717) is 13.2 Å². The van der Waals surface area contributed by atoms with Gasteiger partial charge in [-0.1, -0.05) is 35.9 Å². The molecule has 24 heavy (non-hydrogen) atoms. The van der Waals surface area contributed by atoms with Crippen LogP contribution >= 0.6 is 0 Å². The number of hydrogen-bond acceptors (Lipinski definition) is 3. The molecule has 0 saturated carbocycles. The van der Waals surface area contributed by atoms with E-state index in [1.807, 2.05) is 63.2 Å².